The van der Waals surface area contributed by atoms with E-state index in [1.807, 2.05) is 54.6 Å². The number of aromatic nitrogens is 3. The molecule has 0 unspecified atom stereocenters. The molecule has 0 aliphatic carbocycles. The number of nitrogens with one attached hydrogen (secondary N) is 2. The third-order valence-corrected chi connectivity index (χ3v) is 3.51. The van der Waals surface area contributed by atoms with Crippen LogP contribution in [0, 0.1) is 0 Å². The van der Waals surface area contributed by atoms with E-state index in [1.54, 1.807) is 0 Å². The molecule has 1 heterocycles. The largest absolute Gasteiger partial charge is 0.326 e. The van der Waals surface area contributed by atoms with Crippen molar-refractivity contribution in [1.29, 1.82) is 0 Å². The average molecular weight is 306 g/mol. The molecule has 5 nitrogen and oxygen atoms in total. The maximum atomic E-state index is 12.1. The van der Waals surface area contributed by atoms with E-state index >= 15 is 0 Å². The first-order valence-corrected chi connectivity index (χ1v) is 7.60. The van der Waals surface area contributed by atoms with Gasteiger partial charge >= 0.3 is 0 Å². The van der Waals surface area contributed by atoms with Crippen molar-refractivity contribution in [2.45, 2.75) is 19.8 Å². The number of anilines is 1. The van der Waals surface area contributed by atoms with Crippen LogP contribution in [0.2, 0.25) is 0 Å². The summed E-state index contributed by atoms with van der Waals surface area (Å²) in [6.07, 6.45) is 1.10. The van der Waals surface area contributed by atoms with Crippen molar-refractivity contribution in [2.24, 2.45) is 0 Å². The SMILES string of the molecule is CCc1cccc(NC(=O)Cc2nc(-c3ccccc3)n[nH]2)c1. The van der Waals surface area contributed by atoms with Gasteiger partial charge in [-0.15, -0.1) is 0 Å². The highest BCUT2D eigenvalue weighted by molar-refractivity contribution is 5.91. The maximum absolute atomic E-state index is 12.1. The molecule has 0 radical (unpaired) electrons. The van der Waals surface area contributed by atoms with Crippen molar-refractivity contribution in [3.8, 4) is 11.4 Å². The Kier molecular flexibility index (Phi) is 4.47. The fraction of sp³-hybridized carbons (Fsp3) is 0.167. The molecule has 1 aromatic heterocycles. The van der Waals surface area contributed by atoms with Crippen molar-refractivity contribution >= 4 is 11.6 Å². The Morgan fingerprint density at radius 3 is 2.74 bits per heavy atom. The second-order valence-corrected chi connectivity index (χ2v) is 5.25. The van der Waals surface area contributed by atoms with Gasteiger partial charge in [0, 0.05) is 11.3 Å². The standard InChI is InChI=1S/C18H18N4O/c1-2-13-7-6-10-15(11-13)19-17(23)12-16-20-18(22-21-16)14-8-4-3-5-9-14/h3-11H,2,12H2,1H3,(H,19,23)(H,20,21,22). The normalized spacial score (nSPS) is 10.5. The predicted octanol–water partition coefficient (Wildman–Crippen LogP) is 3.22. The van der Waals surface area contributed by atoms with Gasteiger partial charge < -0.3 is 5.32 Å². The highest BCUT2D eigenvalue weighted by atomic mass is 16.1. The highest BCUT2D eigenvalue weighted by Gasteiger charge is 2.10. The number of carbonyl (C=O) groups excluding carboxylic acids is 1. The Labute approximate surface area is 134 Å². The minimum Gasteiger partial charge on any atom is -0.326 e. The lowest BCUT2D eigenvalue weighted by Gasteiger charge is -2.05. The zero-order valence-corrected chi connectivity index (χ0v) is 12.9. The van der Waals surface area contributed by atoms with Gasteiger partial charge in [-0.05, 0) is 24.1 Å². The Balaban J connectivity index is 1.65. The number of H-pyrrole nitrogens is 1. The van der Waals surface area contributed by atoms with Crippen molar-refractivity contribution in [1.82, 2.24) is 15.2 Å². The van der Waals surface area contributed by atoms with Gasteiger partial charge in [0.2, 0.25) is 5.91 Å². The molecule has 5 heteroatoms. The van der Waals surface area contributed by atoms with Crippen LogP contribution < -0.4 is 5.32 Å². The molecule has 0 spiro atoms. The molecule has 2 aromatic carbocycles. The minimum atomic E-state index is -0.117. The Morgan fingerprint density at radius 1 is 1.13 bits per heavy atom. The molecule has 0 bridgehead atoms. The average Bonchev–Trinajstić information content (AvgIpc) is 3.04. The summed E-state index contributed by atoms with van der Waals surface area (Å²) >= 11 is 0. The molecule has 0 aliphatic rings. The quantitative estimate of drug-likeness (QED) is 0.760. The number of rotatable bonds is 5. The zero-order valence-electron chi connectivity index (χ0n) is 12.9. The summed E-state index contributed by atoms with van der Waals surface area (Å²) in [6, 6.07) is 17.5. The number of aryl methyl sites for hydroxylation is 1. The van der Waals surface area contributed by atoms with Crippen LogP contribution in [-0.2, 0) is 17.6 Å². The molecule has 0 fully saturated rings. The van der Waals surface area contributed by atoms with Crippen molar-refractivity contribution in [2.75, 3.05) is 5.32 Å². The zero-order chi connectivity index (χ0) is 16.1. The van der Waals surface area contributed by atoms with Gasteiger partial charge in [0.1, 0.15) is 5.82 Å². The summed E-state index contributed by atoms with van der Waals surface area (Å²) in [5, 5.41) is 9.87. The van der Waals surface area contributed by atoms with Gasteiger partial charge in [-0.3, -0.25) is 9.89 Å². The summed E-state index contributed by atoms with van der Waals surface area (Å²) in [5.41, 5.74) is 2.91. The number of hydrogen-bond donors (Lipinski definition) is 2. The first-order valence-electron chi connectivity index (χ1n) is 7.60. The minimum absolute atomic E-state index is 0.117. The lowest BCUT2D eigenvalue weighted by molar-refractivity contribution is -0.115. The van der Waals surface area contributed by atoms with E-state index in [1.165, 1.54) is 5.56 Å². The van der Waals surface area contributed by atoms with E-state index in [2.05, 4.69) is 27.4 Å². The molecule has 1 amide bonds. The van der Waals surface area contributed by atoms with E-state index in [-0.39, 0.29) is 12.3 Å². The Morgan fingerprint density at radius 2 is 1.96 bits per heavy atom. The fourth-order valence-electron chi connectivity index (χ4n) is 2.32. The summed E-state index contributed by atoms with van der Waals surface area (Å²) in [7, 11) is 0. The van der Waals surface area contributed by atoms with E-state index in [0.29, 0.717) is 11.6 Å². The first-order chi connectivity index (χ1) is 11.2. The number of amides is 1. The third-order valence-electron chi connectivity index (χ3n) is 3.51. The number of carbonyl (C=O) groups is 1. The molecule has 0 aliphatic heterocycles. The lowest BCUT2D eigenvalue weighted by Crippen LogP contribution is -2.15. The number of hydrogen-bond acceptors (Lipinski definition) is 3. The van der Waals surface area contributed by atoms with Crippen LogP contribution in [0.25, 0.3) is 11.4 Å². The highest BCUT2D eigenvalue weighted by Crippen LogP contribution is 2.14. The van der Waals surface area contributed by atoms with Crippen LogP contribution in [0.5, 0.6) is 0 Å². The summed E-state index contributed by atoms with van der Waals surface area (Å²) < 4.78 is 0. The maximum Gasteiger partial charge on any atom is 0.232 e. The van der Waals surface area contributed by atoms with E-state index in [0.717, 1.165) is 17.7 Å². The molecule has 3 rings (SSSR count). The molecule has 0 saturated carbocycles. The molecular weight excluding hydrogens is 288 g/mol. The van der Waals surface area contributed by atoms with Gasteiger partial charge in [0.05, 0.1) is 6.42 Å². The number of benzene rings is 2. The molecule has 2 N–H and O–H groups in total. The van der Waals surface area contributed by atoms with Gasteiger partial charge in [0.25, 0.3) is 0 Å². The fourth-order valence-corrected chi connectivity index (χ4v) is 2.32. The third kappa shape index (κ3) is 3.83. The Hall–Kier alpha value is -2.95. The molecule has 23 heavy (non-hydrogen) atoms. The van der Waals surface area contributed by atoms with Crippen LogP contribution in [0.15, 0.2) is 54.6 Å². The predicted molar refractivity (Wildman–Crippen MR) is 90.0 cm³/mol. The first kappa shape index (κ1) is 15.0. The number of aromatic amines is 1. The number of nitrogens with zero attached hydrogens (tertiary/aromatic N) is 2. The van der Waals surface area contributed by atoms with E-state index in [9.17, 15) is 4.79 Å². The van der Waals surface area contributed by atoms with E-state index < -0.39 is 0 Å². The van der Waals surface area contributed by atoms with Crippen molar-refractivity contribution in [3.63, 3.8) is 0 Å². The second-order valence-electron chi connectivity index (χ2n) is 5.25. The summed E-state index contributed by atoms with van der Waals surface area (Å²) in [4.78, 5) is 16.5. The molecule has 3 aromatic rings. The molecular formula is C18H18N4O. The van der Waals surface area contributed by atoms with Crippen LogP contribution in [-0.4, -0.2) is 21.1 Å². The lowest BCUT2D eigenvalue weighted by atomic mass is 10.1. The molecule has 0 saturated heterocycles. The van der Waals surface area contributed by atoms with Crippen LogP contribution in [0.4, 0.5) is 5.69 Å². The topological polar surface area (TPSA) is 70.7 Å². The van der Waals surface area contributed by atoms with Gasteiger partial charge in [0.15, 0.2) is 5.82 Å². The van der Waals surface area contributed by atoms with Gasteiger partial charge in [-0.25, -0.2) is 4.98 Å². The van der Waals surface area contributed by atoms with Gasteiger partial charge in [-0.2, -0.15) is 5.10 Å². The summed E-state index contributed by atoms with van der Waals surface area (Å²) in [5.74, 6) is 1.03. The van der Waals surface area contributed by atoms with Gasteiger partial charge in [-0.1, -0.05) is 49.4 Å². The molecule has 0 atom stereocenters. The molecule has 116 valence electrons. The monoisotopic (exact) mass is 306 g/mol. The smallest absolute Gasteiger partial charge is 0.232 e. The summed E-state index contributed by atoms with van der Waals surface area (Å²) in [6.45, 7) is 2.08. The second kappa shape index (κ2) is 6.87. The van der Waals surface area contributed by atoms with Crippen molar-refractivity contribution < 1.29 is 4.79 Å². The van der Waals surface area contributed by atoms with Crippen LogP contribution in [0.1, 0.15) is 18.3 Å². The van der Waals surface area contributed by atoms with Crippen LogP contribution in [0.3, 0.4) is 0 Å². The van der Waals surface area contributed by atoms with E-state index in [4.69, 9.17) is 0 Å². The Bertz CT molecular complexity index is 796. The van der Waals surface area contributed by atoms with Crippen LogP contribution >= 0.6 is 0 Å². The van der Waals surface area contributed by atoms with Crippen molar-refractivity contribution in [3.05, 3.63) is 66.0 Å².